The monoisotopic (exact) mass is 290 g/mol. The fourth-order valence-electron chi connectivity index (χ4n) is 1.23. The molecular formula is C10H14N2O6S. The van der Waals surface area contributed by atoms with Crippen LogP contribution >= 0.6 is 0 Å². The average molecular weight is 290 g/mol. The summed E-state index contributed by atoms with van der Waals surface area (Å²) in [6.07, 6.45) is 0. The zero-order valence-electron chi connectivity index (χ0n) is 10.6. The second-order valence-electron chi connectivity index (χ2n) is 3.95. The molecule has 0 saturated heterocycles. The van der Waals surface area contributed by atoms with Crippen LogP contribution in [0.3, 0.4) is 0 Å². The largest absolute Gasteiger partial charge is 0.475 e. The van der Waals surface area contributed by atoms with Gasteiger partial charge in [-0.1, -0.05) is 0 Å². The molecule has 0 atom stereocenters. The number of furan rings is 1. The van der Waals surface area contributed by atoms with E-state index in [9.17, 15) is 18.0 Å². The lowest BCUT2D eigenvalue weighted by molar-refractivity contribution is -0.127. The fraction of sp³-hybridized carbons (Fsp3) is 0.400. The van der Waals surface area contributed by atoms with Gasteiger partial charge in [-0.05, 0) is 6.92 Å². The molecular weight excluding hydrogens is 276 g/mol. The van der Waals surface area contributed by atoms with E-state index in [1.165, 1.54) is 25.9 Å². The highest BCUT2D eigenvalue weighted by molar-refractivity contribution is 7.89. The van der Waals surface area contributed by atoms with Crippen LogP contribution < -0.4 is 4.72 Å². The number of carboxylic acid groups (broad SMARTS) is 1. The number of carbonyl (C=O) groups is 2. The standard InChI is InChI=1S/C10H14N2O6S/c1-6-8(4-7(18-6)10(14)15)19(16,17)11-5-9(13)12(2)3/h4,11H,5H2,1-3H3,(H,14,15). The molecule has 1 amide bonds. The molecule has 106 valence electrons. The van der Waals surface area contributed by atoms with Gasteiger partial charge in [-0.15, -0.1) is 0 Å². The molecule has 0 aromatic carbocycles. The highest BCUT2D eigenvalue weighted by Crippen LogP contribution is 2.19. The van der Waals surface area contributed by atoms with Crippen LogP contribution in [-0.4, -0.2) is 50.9 Å². The van der Waals surface area contributed by atoms with Gasteiger partial charge in [0.05, 0.1) is 6.54 Å². The van der Waals surface area contributed by atoms with Crippen LogP contribution in [0.4, 0.5) is 0 Å². The Morgan fingerprint density at radius 3 is 2.42 bits per heavy atom. The molecule has 0 aliphatic rings. The minimum atomic E-state index is -3.99. The number of aromatic carboxylic acids is 1. The summed E-state index contributed by atoms with van der Waals surface area (Å²) in [5, 5.41) is 8.71. The summed E-state index contributed by atoms with van der Waals surface area (Å²) < 4.78 is 30.6. The van der Waals surface area contributed by atoms with Crippen molar-refractivity contribution < 1.29 is 27.5 Å². The first-order valence-corrected chi connectivity index (χ1v) is 6.67. The third-order valence-electron chi connectivity index (χ3n) is 2.28. The van der Waals surface area contributed by atoms with E-state index >= 15 is 0 Å². The zero-order valence-corrected chi connectivity index (χ0v) is 11.4. The first kappa shape index (κ1) is 15.2. The van der Waals surface area contributed by atoms with E-state index in [4.69, 9.17) is 9.52 Å². The highest BCUT2D eigenvalue weighted by Gasteiger charge is 2.24. The minimum Gasteiger partial charge on any atom is -0.475 e. The molecule has 1 aromatic rings. The second-order valence-corrected chi connectivity index (χ2v) is 5.68. The Kier molecular flexibility index (Phi) is 4.32. The molecule has 1 heterocycles. The average Bonchev–Trinajstić information content (AvgIpc) is 2.69. The summed E-state index contributed by atoms with van der Waals surface area (Å²) in [7, 11) is -1.01. The molecule has 0 spiro atoms. The maximum absolute atomic E-state index is 11.9. The number of nitrogens with zero attached hydrogens (tertiary/aromatic N) is 1. The first-order chi connectivity index (χ1) is 8.65. The Hall–Kier alpha value is -1.87. The van der Waals surface area contributed by atoms with Crippen molar-refractivity contribution in [2.45, 2.75) is 11.8 Å². The van der Waals surface area contributed by atoms with Gasteiger partial charge in [0.2, 0.25) is 21.7 Å². The number of amides is 1. The second kappa shape index (κ2) is 5.41. The van der Waals surface area contributed by atoms with Crippen LogP contribution in [0, 0.1) is 6.92 Å². The molecule has 0 bridgehead atoms. The smallest absolute Gasteiger partial charge is 0.371 e. The number of sulfonamides is 1. The van der Waals surface area contributed by atoms with Gasteiger partial charge in [0.25, 0.3) is 0 Å². The van der Waals surface area contributed by atoms with Gasteiger partial charge in [-0.3, -0.25) is 4.79 Å². The number of hydrogen-bond acceptors (Lipinski definition) is 5. The van der Waals surface area contributed by atoms with Crippen LogP contribution in [0.25, 0.3) is 0 Å². The quantitative estimate of drug-likeness (QED) is 0.765. The molecule has 8 nitrogen and oxygen atoms in total. The third kappa shape index (κ3) is 3.55. The third-order valence-corrected chi connectivity index (χ3v) is 3.79. The predicted octanol–water partition coefficient (Wildman–Crippen LogP) is -0.347. The van der Waals surface area contributed by atoms with E-state index in [0.29, 0.717) is 0 Å². The summed E-state index contributed by atoms with van der Waals surface area (Å²) in [5.41, 5.74) is 0. The Morgan fingerprint density at radius 1 is 1.42 bits per heavy atom. The van der Waals surface area contributed by atoms with E-state index in [1.54, 1.807) is 0 Å². The Balaban J connectivity index is 2.95. The van der Waals surface area contributed by atoms with Crippen LogP contribution in [0.1, 0.15) is 16.3 Å². The summed E-state index contributed by atoms with van der Waals surface area (Å²) in [6, 6.07) is 0.903. The van der Waals surface area contributed by atoms with Crippen molar-refractivity contribution in [3.8, 4) is 0 Å². The Bertz CT molecular complexity index is 602. The van der Waals surface area contributed by atoms with Crippen LogP contribution in [0.15, 0.2) is 15.4 Å². The SMILES string of the molecule is Cc1oc(C(=O)O)cc1S(=O)(=O)NCC(=O)N(C)C. The van der Waals surface area contributed by atoms with E-state index in [0.717, 1.165) is 6.07 Å². The van der Waals surface area contributed by atoms with E-state index in [1.807, 2.05) is 0 Å². The zero-order chi connectivity index (χ0) is 14.8. The predicted molar refractivity (Wildman–Crippen MR) is 64.3 cm³/mol. The lowest BCUT2D eigenvalue weighted by Crippen LogP contribution is -2.36. The van der Waals surface area contributed by atoms with Crippen molar-refractivity contribution in [3.05, 3.63) is 17.6 Å². The first-order valence-electron chi connectivity index (χ1n) is 5.18. The summed E-state index contributed by atoms with van der Waals surface area (Å²) in [4.78, 5) is 22.9. The maximum atomic E-state index is 11.9. The number of nitrogens with one attached hydrogen (secondary N) is 1. The molecule has 1 aromatic heterocycles. The van der Waals surface area contributed by atoms with Gasteiger partial charge < -0.3 is 14.4 Å². The fourth-order valence-corrected chi connectivity index (χ4v) is 2.38. The number of carbonyl (C=O) groups excluding carboxylic acids is 1. The van der Waals surface area contributed by atoms with Crippen LogP contribution in [0.5, 0.6) is 0 Å². The van der Waals surface area contributed by atoms with E-state index in [-0.39, 0.29) is 10.7 Å². The number of carboxylic acids is 1. The van der Waals surface area contributed by atoms with Gasteiger partial charge in [0, 0.05) is 20.2 Å². The summed E-state index contributed by atoms with van der Waals surface area (Å²) >= 11 is 0. The van der Waals surface area contributed by atoms with Gasteiger partial charge in [-0.25, -0.2) is 17.9 Å². The molecule has 1 rings (SSSR count). The van der Waals surface area contributed by atoms with Gasteiger partial charge >= 0.3 is 5.97 Å². The highest BCUT2D eigenvalue weighted by atomic mass is 32.2. The van der Waals surface area contributed by atoms with Gasteiger partial charge in [0.15, 0.2) is 0 Å². The van der Waals surface area contributed by atoms with Gasteiger partial charge in [0.1, 0.15) is 10.7 Å². The number of likely N-dealkylation sites (N-methyl/N-ethyl adjacent to an activating group) is 1. The van der Waals surface area contributed by atoms with Crippen molar-refractivity contribution in [2.75, 3.05) is 20.6 Å². The number of hydrogen-bond donors (Lipinski definition) is 2. The van der Waals surface area contributed by atoms with Gasteiger partial charge in [-0.2, -0.15) is 0 Å². The Morgan fingerprint density at radius 2 is 2.00 bits per heavy atom. The molecule has 9 heteroatoms. The number of aryl methyl sites for hydroxylation is 1. The van der Waals surface area contributed by atoms with Crippen LogP contribution in [0.2, 0.25) is 0 Å². The molecule has 0 unspecified atom stereocenters. The van der Waals surface area contributed by atoms with Crippen LogP contribution in [-0.2, 0) is 14.8 Å². The molecule has 0 radical (unpaired) electrons. The summed E-state index contributed by atoms with van der Waals surface area (Å²) in [5.74, 6) is -2.32. The van der Waals surface area contributed by atoms with E-state index in [2.05, 4.69) is 4.72 Å². The Labute approximate surface area is 110 Å². The molecule has 0 saturated carbocycles. The van der Waals surface area contributed by atoms with Crippen molar-refractivity contribution in [2.24, 2.45) is 0 Å². The lowest BCUT2D eigenvalue weighted by atomic mass is 10.4. The molecule has 19 heavy (non-hydrogen) atoms. The van der Waals surface area contributed by atoms with Crippen molar-refractivity contribution in [1.29, 1.82) is 0 Å². The topological polar surface area (TPSA) is 117 Å². The van der Waals surface area contributed by atoms with Crippen molar-refractivity contribution >= 4 is 21.9 Å². The molecule has 0 aliphatic carbocycles. The van der Waals surface area contributed by atoms with Crippen molar-refractivity contribution in [3.63, 3.8) is 0 Å². The summed E-state index contributed by atoms with van der Waals surface area (Å²) in [6.45, 7) is 0.914. The molecule has 2 N–H and O–H groups in total. The van der Waals surface area contributed by atoms with E-state index < -0.39 is 34.2 Å². The normalized spacial score (nSPS) is 11.3. The lowest BCUT2D eigenvalue weighted by Gasteiger charge is -2.10. The minimum absolute atomic E-state index is 0.0535. The molecule has 0 aliphatic heterocycles. The maximum Gasteiger partial charge on any atom is 0.371 e. The van der Waals surface area contributed by atoms with Crippen molar-refractivity contribution in [1.82, 2.24) is 9.62 Å². The molecule has 0 fully saturated rings. The number of rotatable bonds is 5.